The lowest BCUT2D eigenvalue weighted by molar-refractivity contribution is 0.0748. The van der Waals surface area contributed by atoms with Gasteiger partial charge in [-0.05, 0) is 30.3 Å². The number of nitrogens with zero attached hydrogens (tertiary/aromatic N) is 2. The lowest BCUT2D eigenvalue weighted by Gasteiger charge is -2.36. The van der Waals surface area contributed by atoms with Crippen LogP contribution in [-0.2, 0) is 0 Å². The van der Waals surface area contributed by atoms with Gasteiger partial charge in [-0.1, -0.05) is 23.7 Å². The number of piperazine rings is 1. The van der Waals surface area contributed by atoms with Gasteiger partial charge in [0.2, 0.25) is 0 Å². The number of nitrogens with one attached hydrogen (secondary N) is 1. The summed E-state index contributed by atoms with van der Waals surface area (Å²) in [6, 6.07) is 12.2. The summed E-state index contributed by atoms with van der Waals surface area (Å²) >= 11 is 6.06. The monoisotopic (exact) mass is 357 g/mol. The predicted octanol–water partition coefficient (Wildman–Crippen LogP) is 3.92. The van der Waals surface area contributed by atoms with Gasteiger partial charge < -0.3 is 14.8 Å². The minimum absolute atomic E-state index is 0.0262. The van der Waals surface area contributed by atoms with E-state index in [0.29, 0.717) is 42.5 Å². The molecule has 2 aromatic carbocycles. The molecule has 128 valence electrons. The van der Waals surface area contributed by atoms with Crippen molar-refractivity contribution in [3.05, 3.63) is 65.1 Å². The van der Waals surface area contributed by atoms with Crippen LogP contribution in [0.15, 0.2) is 48.7 Å². The largest absolute Gasteiger partial charge is 0.366 e. The van der Waals surface area contributed by atoms with Gasteiger partial charge in [0.15, 0.2) is 0 Å². The molecule has 0 atom stereocenters. The lowest BCUT2D eigenvalue weighted by Crippen LogP contribution is -2.49. The van der Waals surface area contributed by atoms with Gasteiger partial charge in [-0.25, -0.2) is 4.39 Å². The van der Waals surface area contributed by atoms with Crippen LogP contribution in [0.25, 0.3) is 10.9 Å². The molecule has 1 aliphatic heterocycles. The van der Waals surface area contributed by atoms with Crippen LogP contribution in [0.1, 0.15) is 10.4 Å². The van der Waals surface area contributed by atoms with Gasteiger partial charge in [0.25, 0.3) is 5.91 Å². The first kappa shape index (κ1) is 16.0. The topological polar surface area (TPSA) is 39.3 Å². The number of fused-ring (bicyclic) bond motifs is 1. The molecule has 4 rings (SSSR count). The molecule has 1 amide bonds. The number of benzene rings is 2. The maximum absolute atomic E-state index is 13.9. The molecule has 0 aliphatic carbocycles. The van der Waals surface area contributed by atoms with E-state index < -0.39 is 0 Å². The Morgan fingerprint density at radius 3 is 2.60 bits per heavy atom. The molecule has 0 saturated carbocycles. The van der Waals surface area contributed by atoms with Crippen molar-refractivity contribution in [2.75, 3.05) is 31.1 Å². The molecule has 1 fully saturated rings. The van der Waals surface area contributed by atoms with E-state index in [2.05, 4.69) is 4.98 Å². The van der Waals surface area contributed by atoms with Crippen LogP contribution in [0.2, 0.25) is 5.02 Å². The molecular formula is C19H17ClFN3O. The number of hydrogen-bond acceptors (Lipinski definition) is 2. The highest BCUT2D eigenvalue weighted by atomic mass is 35.5. The molecule has 1 N–H and O–H groups in total. The van der Waals surface area contributed by atoms with Crippen molar-refractivity contribution in [1.29, 1.82) is 0 Å². The zero-order valence-electron chi connectivity index (χ0n) is 13.5. The minimum atomic E-state index is -0.228. The highest BCUT2D eigenvalue weighted by Gasteiger charge is 2.25. The van der Waals surface area contributed by atoms with Crippen LogP contribution in [0.5, 0.6) is 0 Å². The number of H-pyrrole nitrogens is 1. The van der Waals surface area contributed by atoms with Crippen molar-refractivity contribution < 1.29 is 9.18 Å². The second-order valence-corrected chi connectivity index (χ2v) is 6.56. The Kier molecular flexibility index (Phi) is 4.09. The van der Waals surface area contributed by atoms with Gasteiger partial charge in [0, 0.05) is 48.3 Å². The minimum Gasteiger partial charge on any atom is -0.366 e. The van der Waals surface area contributed by atoms with Crippen molar-refractivity contribution in [1.82, 2.24) is 9.88 Å². The van der Waals surface area contributed by atoms with Crippen LogP contribution in [0.4, 0.5) is 10.1 Å². The molecule has 0 bridgehead atoms. The summed E-state index contributed by atoms with van der Waals surface area (Å²) in [6.45, 7) is 2.33. The Hall–Kier alpha value is -2.53. The highest BCUT2D eigenvalue weighted by molar-refractivity contribution is 6.31. The maximum atomic E-state index is 13.9. The number of halogens is 2. The molecular weight excluding hydrogens is 341 g/mol. The fourth-order valence-corrected chi connectivity index (χ4v) is 3.47. The smallest absolute Gasteiger partial charge is 0.256 e. The summed E-state index contributed by atoms with van der Waals surface area (Å²) < 4.78 is 13.9. The summed E-state index contributed by atoms with van der Waals surface area (Å²) in [5, 5.41) is 1.43. The second-order valence-electron chi connectivity index (χ2n) is 6.12. The van der Waals surface area contributed by atoms with Crippen LogP contribution in [0.3, 0.4) is 0 Å². The molecule has 1 saturated heterocycles. The summed E-state index contributed by atoms with van der Waals surface area (Å²) in [5.41, 5.74) is 2.10. The number of aromatic amines is 1. The van der Waals surface area contributed by atoms with Gasteiger partial charge in [-0.15, -0.1) is 0 Å². The molecule has 0 unspecified atom stereocenters. The number of rotatable bonds is 2. The number of para-hydroxylation sites is 1. The molecule has 0 radical (unpaired) electrons. The van der Waals surface area contributed by atoms with Gasteiger partial charge in [-0.2, -0.15) is 0 Å². The molecule has 2 heterocycles. The molecule has 4 nitrogen and oxygen atoms in total. The standard InChI is InChI=1S/C19H17ClFN3O/c20-13-5-6-17-14(11-13)15(12-22-17)19(25)24-9-7-23(8-10-24)18-4-2-1-3-16(18)21/h1-6,11-12,22H,7-10H2. The fourth-order valence-electron chi connectivity index (χ4n) is 3.30. The highest BCUT2D eigenvalue weighted by Crippen LogP contribution is 2.25. The molecule has 1 aromatic heterocycles. The molecule has 1 aliphatic rings. The number of carbonyl (C=O) groups excluding carboxylic acids is 1. The quantitative estimate of drug-likeness (QED) is 0.755. The summed E-state index contributed by atoms with van der Waals surface area (Å²) in [7, 11) is 0. The number of amides is 1. The van der Waals surface area contributed by atoms with E-state index in [9.17, 15) is 9.18 Å². The SMILES string of the molecule is O=C(c1c[nH]c2ccc(Cl)cc12)N1CCN(c2ccccc2F)CC1. The zero-order valence-corrected chi connectivity index (χ0v) is 14.3. The van der Waals surface area contributed by atoms with E-state index in [1.54, 1.807) is 35.4 Å². The molecule has 0 spiro atoms. The fraction of sp³-hybridized carbons (Fsp3) is 0.211. The first-order chi connectivity index (χ1) is 12.1. The first-order valence-electron chi connectivity index (χ1n) is 8.19. The Labute approximate surface area is 149 Å². The number of carbonyl (C=O) groups is 1. The number of hydrogen-bond donors (Lipinski definition) is 1. The van der Waals surface area contributed by atoms with E-state index in [4.69, 9.17) is 11.6 Å². The third kappa shape index (κ3) is 2.96. The van der Waals surface area contributed by atoms with Gasteiger partial charge in [0.1, 0.15) is 5.82 Å². The van der Waals surface area contributed by atoms with Crippen LogP contribution in [-0.4, -0.2) is 42.0 Å². The van der Waals surface area contributed by atoms with Gasteiger partial charge in [-0.3, -0.25) is 4.79 Å². The van der Waals surface area contributed by atoms with Gasteiger partial charge in [0.05, 0.1) is 11.3 Å². The number of aromatic nitrogens is 1. The van der Waals surface area contributed by atoms with Crippen LogP contribution in [0, 0.1) is 5.82 Å². The number of anilines is 1. The molecule has 25 heavy (non-hydrogen) atoms. The van der Waals surface area contributed by atoms with Crippen molar-refractivity contribution in [2.45, 2.75) is 0 Å². The average molecular weight is 358 g/mol. The Balaban J connectivity index is 1.51. The Bertz CT molecular complexity index is 931. The van der Waals surface area contributed by atoms with Crippen molar-refractivity contribution in [2.24, 2.45) is 0 Å². The Morgan fingerprint density at radius 1 is 1.08 bits per heavy atom. The first-order valence-corrected chi connectivity index (χ1v) is 8.56. The molecule has 3 aromatic rings. The van der Waals surface area contributed by atoms with Gasteiger partial charge >= 0.3 is 0 Å². The van der Waals surface area contributed by atoms with Crippen molar-refractivity contribution >= 4 is 34.1 Å². The van der Waals surface area contributed by atoms with E-state index in [1.807, 2.05) is 17.0 Å². The summed E-state index contributed by atoms with van der Waals surface area (Å²) in [6.07, 6.45) is 1.73. The van der Waals surface area contributed by atoms with Crippen molar-refractivity contribution in [3.63, 3.8) is 0 Å². The second kappa shape index (κ2) is 6.41. The van der Waals surface area contributed by atoms with E-state index in [0.717, 1.165) is 10.9 Å². The van der Waals surface area contributed by atoms with Crippen LogP contribution >= 0.6 is 11.6 Å². The summed E-state index contributed by atoms with van der Waals surface area (Å²) in [4.78, 5) is 19.8. The Morgan fingerprint density at radius 2 is 1.84 bits per heavy atom. The van der Waals surface area contributed by atoms with E-state index in [1.165, 1.54) is 6.07 Å². The lowest BCUT2D eigenvalue weighted by atomic mass is 10.1. The predicted molar refractivity (Wildman–Crippen MR) is 97.8 cm³/mol. The molecule has 6 heteroatoms. The normalized spacial score (nSPS) is 15.0. The third-order valence-corrected chi connectivity index (χ3v) is 4.87. The third-order valence-electron chi connectivity index (χ3n) is 4.63. The summed E-state index contributed by atoms with van der Waals surface area (Å²) in [5.74, 6) is -0.254. The average Bonchev–Trinajstić information content (AvgIpc) is 3.05. The van der Waals surface area contributed by atoms with Crippen LogP contribution < -0.4 is 4.90 Å². The zero-order chi connectivity index (χ0) is 17.4. The van der Waals surface area contributed by atoms with E-state index in [-0.39, 0.29) is 11.7 Å². The van der Waals surface area contributed by atoms with E-state index >= 15 is 0 Å². The maximum Gasteiger partial charge on any atom is 0.256 e. The van der Waals surface area contributed by atoms with Crippen molar-refractivity contribution in [3.8, 4) is 0 Å².